The van der Waals surface area contributed by atoms with Crippen LogP contribution < -0.4 is 4.74 Å². The van der Waals surface area contributed by atoms with Gasteiger partial charge < -0.3 is 18.9 Å². The van der Waals surface area contributed by atoms with Crippen LogP contribution >= 0.6 is 0 Å². The number of cyclic esters (lactones) is 4. The van der Waals surface area contributed by atoms with E-state index < -0.39 is 53.3 Å². The lowest BCUT2D eigenvalue weighted by Gasteiger charge is -2.66. The molecule has 4 aliphatic carbocycles. The summed E-state index contributed by atoms with van der Waals surface area (Å²) in [4.78, 5) is 77.4. The molecule has 0 bridgehead atoms. The van der Waals surface area contributed by atoms with Crippen LogP contribution in [-0.2, 0) is 19.0 Å². The first-order valence-electron chi connectivity index (χ1n) is 21.2. The fraction of sp³-hybridized carbons (Fsp3) is 0.617. The number of hydrogen-bond donors (Lipinski definition) is 0. The van der Waals surface area contributed by atoms with E-state index in [2.05, 4.69) is 48.5 Å². The van der Waals surface area contributed by atoms with Crippen LogP contribution in [0.5, 0.6) is 5.75 Å². The van der Waals surface area contributed by atoms with Gasteiger partial charge in [-0.15, -0.1) is 0 Å². The van der Waals surface area contributed by atoms with E-state index in [4.69, 9.17) is 18.9 Å². The maximum Gasteiger partial charge on any atom is 0.347 e. The average Bonchev–Trinajstić information content (AvgIpc) is 3.77. The molecule has 0 amide bonds. The van der Waals surface area contributed by atoms with E-state index in [9.17, 15) is 28.8 Å². The molecule has 6 aliphatic rings. The fourth-order valence-electron chi connectivity index (χ4n) is 13.4. The third-order valence-corrected chi connectivity index (χ3v) is 16.4. The molecule has 4 fully saturated rings. The number of esters is 6. The summed E-state index contributed by atoms with van der Waals surface area (Å²) >= 11 is 0. The zero-order chi connectivity index (χ0) is 40.8. The zero-order valence-corrected chi connectivity index (χ0v) is 34.3. The van der Waals surface area contributed by atoms with Crippen molar-refractivity contribution < 1.29 is 47.7 Å². The number of rotatable bonds is 9. The van der Waals surface area contributed by atoms with Gasteiger partial charge in [-0.3, -0.25) is 4.79 Å². The molecule has 2 heterocycles. The van der Waals surface area contributed by atoms with Gasteiger partial charge in [-0.1, -0.05) is 67.7 Å². The fourth-order valence-corrected chi connectivity index (χ4v) is 13.4. The zero-order valence-electron chi connectivity index (χ0n) is 34.3. The number of hydrogen-bond acceptors (Lipinski definition) is 10. The SMILES string of the molecule is CCC(C)CCC(C)C1CCC2C3CC(OC(=O)c4ccc5c(c4)C(=O)OC5=O)C4C(C)(C)C(C(=O)Oc5ccc6c(c5)C(=O)OC6=O)CCC4(C)C3CCC12C. The van der Waals surface area contributed by atoms with Crippen molar-refractivity contribution in [3.8, 4) is 5.75 Å². The van der Waals surface area contributed by atoms with Crippen LogP contribution in [0, 0.1) is 63.6 Å². The summed E-state index contributed by atoms with van der Waals surface area (Å²) < 4.78 is 22.2. The molecular weight excluding hydrogens is 725 g/mol. The van der Waals surface area contributed by atoms with Crippen molar-refractivity contribution in [1.29, 1.82) is 0 Å². The smallest absolute Gasteiger partial charge is 0.347 e. The van der Waals surface area contributed by atoms with E-state index in [0.717, 1.165) is 25.2 Å². The first kappa shape index (κ1) is 39.5. The van der Waals surface area contributed by atoms with Crippen molar-refractivity contribution in [3.05, 3.63) is 64.2 Å². The second kappa shape index (κ2) is 14.2. The second-order valence-corrected chi connectivity index (χ2v) is 19.5. The van der Waals surface area contributed by atoms with E-state index in [1.807, 2.05) is 0 Å². The molecule has 11 unspecified atom stereocenters. The summed E-state index contributed by atoms with van der Waals surface area (Å²) in [6.45, 7) is 16.2. The van der Waals surface area contributed by atoms with Crippen LogP contribution in [0.4, 0.5) is 0 Å². The normalized spacial score (nSPS) is 34.5. The van der Waals surface area contributed by atoms with Crippen LogP contribution in [-0.4, -0.2) is 41.9 Å². The maximum absolute atomic E-state index is 14.2. The molecule has 4 saturated carbocycles. The van der Waals surface area contributed by atoms with Gasteiger partial charge in [0.25, 0.3) is 0 Å². The average molecular weight is 781 g/mol. The summed E-state index contributed by atoms with van der Waals surface area (Å²) in [5, 5.41) is 0. The highest BCUT2D eigenvalue weighted by Gasteiger charge is 2.67. The van der Waals surface area contributed by atoms with Crippen molar-refractivity contribution in [2.45, 2.75) is 119 Å². The summed E-state index contributed by atoms with van der Waals surface area (Å²) in [6, 6.07) is 8.68. The number of carbonyl (C=O) groups excluding carboxylic acids is 6. The Labute approximate surface area is 335 Å². The van der Waals surface area contributed by atoms with Crippen molar-refractivity contribution in [1.82, 2.24) is 0 Å². The Morgan fingerprint density at radius 3 is 2.05 bits per heavy atom. The van der Waals surface area contributed by atoms with Gasteiger partial charge in [-0.25, -0.2) is 24.0 Å². The van der Waals surface area contributed by atoms with Gasteiger partial charge in [0, 0.05) is 5.92 Å². The van der Waals surface area contributed by atoms with Gasteiger partial charge in [0.15, 0.2) is 0 Å². The Hall–Kier alpha value is -4.34. The molecule has 10 nitrogen and oxygen atoms in total. The van der Waals surface area contributed by atoms with Gasteiger partial charge in [0.1, 0.15) is 11.9 Å². The number of carbonyl (C=O) groups is 6. The number of ether oxygens (including phenoxy) is 4. The monoisotopic (exact) mass is 780 g/mol. The van der Waals surface area contributed by atoms with E-state index in [1.165, 1.54) is 68.5 Å². The molecule has 2 aromatic carbocycles. The van der Waals surface area contributed by atoms with Crippen LogP contribution in [0.1, 0.15) is 164 Å². The van der Waals surface area contributed by atoms with Crippen molar-refractivity contribution in [2.75, 3.05) is 0 Å². The number of fused-ring (bicyclic) bond motifs is 7. The molecule has 0 aromatic heterocycles. The predicted octanol–water partition coefficient (Wildman–Crippen LogP) is 9.42. The summed E-state index contributed by atoms with van der Waals surface area (Å²) in [5.74, 6) is -1.36. The summed E-state index contributed by atoms with van der Waals surface area (Å²) in [5.41, 5.74) is -0.169. The lowest BCUT2D eigenvalue weighted by molar-refractivity contribution is -0.211. The van der Waals surface area contributed by atoms with E-state index in [-0.39, 0.29) is 50.3 Å². The molecule has 10 heteroatoms. The Kier molecular flexibility index (Phi) is 9.83. The molecule has 0 saturated heterocycles. The van der Waals surface area contributed by atoms with Crippen LogP contribution in [0.15, 0.2) is 36.4 Å². The first-order valence-corrected chi connectivity index (χ1v) is 21.2. The molecule has 11 atom stereocenters. The van der Waals surface area contributed by atoms with Crippen LogP contribution in [0.2, 0.25) is 0 Å². The molecule has 2 aromatic rings. The molecule has 8 rings (SSSR count). The minimum absolute atomic E-state index is 0.0514. The van der Waals surface area contributed by atoms with Crippen LogP contribution in [0.25, 0.3) is 0 Å². The topological polar surface area (TPSA) is 139 Å². The van der Waals surface area contributed by atoms with Crippen molar-refractivity contribution >= 4 is 35.8 Å². The van der Waals surface area contributed by atoms with Crippen molar-refractivity contribution in [2.24, 2.45) is 63.6 Å². The molecule has 0 N–H and O–H groups in total. The third-order valence-electron chi connectivity index (χ3n) is 16.4. The van der Waals surface area contributed by atoms with Gasteiger partial charge in [0.05, 0.1) is 33.7 Å². The van der Waals surface area contributed by atoms with Gasteiger partial charge in [0.2, 0.25) is 0 Å². The van der Waals surface area contributed by atoms with Gasteiger partial charge in [-0.2, -0.15) is 0 Å². The minimum Gasteiger partial charge on any atom is -0.458 e. The van der Waals surface area contributed by atoms with E-state index in [0.29, 0.717) is 42.4 Å². The molecule has 2 aliphatic heterocycles. The largest absolute Gasteiger partial charge is 0.458 e. The highest BCUT2D eigenvalue weighted by molar-refractivity contribution is 6.16. The Morgan fingerprint density at radius 1 is 0.754 bits per heavy atom. The Morgan fingerprint density at radius 2 is 1.37 bits per heavy atom. The van der Waals surface area contributed by atoms with E-state index in [1.54, 1.807) is 0 Å². The lowest BCUT2D eigenvalue weighted by Crippen LogP contribution is -2.64. The molecule has 57 heavy (non-hydrogen) atoms. The first-order chi connectivity index (χ1) is 27.0. The minimum atomic E-state index is -0.782. The molecule has 0 spiro atoms. The lowest BCUT2D eigenvalue weighted by atomic mass is 9.39. The maximum atomic E-state index is 14.2. The summed E-state index contributed by atoms with van der Waals surface area (Å²) in [7, 11) is 0. The highest BCUT2D eigenvalue weighted by Crippen LogP contribution is 2.71. The third kappa shape index (κ3) is 6.35. The predicted molar refractivity (Wildman–Crippen MR) is 208 cm³/mol. The molecular formula is C47H56O10. The van der Waals surface area contributed by atoms with Gasteiger partial charge >= 0.3 is 35.8 Å². The molecule has 0 radical (unpaired) electrons. The van der Waals surface area contributed by atoms with Crippen molar-refractivity contribution in [3.63, 3.8) is 0 Å². The quantitative estimate of drug-likeness (QED) is 0.105. The standard InChI is InChI=1S/C47H56O10/c1-8-24(2)9-10-25(3)33-15-16-34-32-23-37(55-39(48)26-11-13-28-30(21-26)42(51)56-40(28)49)38-45(4,5)36(18-20-47(38,7)35(32)17-19-46(33,34)6)44(53)54-27-12-14-29-31(22-27)43(52)57-41(29)50/h11-14,21-22,24-25,32-38H,8-10,15-20,23H2,1-7H3. The van der Waals surface area contributed by atoms with Crippen LogP contribution in [0.3, 0.4) is 0 Å². The Bertz CT molecular complexity index is 2050. The van der Waals surface area contributed by atoms with Gasteiger partial charge in [-0.05, 0) is 133 Å². The highest BCUT2D eigenvalue weighted by atomic mass is 16.6. The second-order valence-electron chi connectivity index (χ2n) is 19.5. The summed E-state index contributed by atoms with van der Waals surface area (Å²) in [6.07, 6.45) is 9.85. The Balaban J connectivity index is 1.11. The van der Waals surface area contributed by atoms with E-state index >= 15 is 0 Å². The number of benzene rings is 2. The molecule has 304 valence electrons.